The normalized spacial score (nSPS) is 22.4. The van der Waals surface area contributed by atoms with Crippen LogP contribution < -0.4 is 10.2 Å². The third kappa shape index (κ3) is 5.05. The number of methoxy groups -OCH3 is 1. The van der Waals surface area contributed by atoms with Gasteiger partial charge in [-0.1, -0.05) is 0 Å². The van der Waals surface area contributed by atoms with Gasteiger partial charge in [0.2, 0.25) is 0 Å². The Kier molecular flexibility index (Phi) is 7.83. The first-order chi connectivity index (χ1) is 17.2. The Hall–Kier alpha value is -3.13. The standard InChI is InChI=1S/C28H38N4O4/c1-7-32(20-10-8-19(9-11-20)31(4)5)23-15-25-21(12-13-36-25)26(18(23)3)28(34)29-16-22-24(35-6)14-17(2)30-27(22)33/h12-15,19-20,22H,7-11,16H2,1-6H3,(H,29,34). The highest BCUT2D eigenvalue weighted by molar-refractivity contribution is 6.10. The van der Waals surface area contributed by atoms with Crippen LogP contribution in [-0.4, -0.2) is 68.8 Å². The van der Waals surface area contributed by atoms with Crippen LogP contribution in [0.1, 0.15) is 55.5 Å². The summed E-state index contributed by atoms with van der Waals surface area (Å²) in [4.78, 5) is 34.8. The number of rotatable bonds is 8. The van der Waals surface area contributed by atoms with Gasteiger partial charge in [-0.05, 0) is 78.3 Å². The maximum Gasteiger partial charge on any atom is 0.258 e. The maximum atomic E-state index is 13.6. The summed E-state index contributed by atoms with van der Waals surface area (Å²) in [5, 5.41) is 3.74. The molecule has 0 bridgehead atoms. The fourth-order valence-electron chi connectivity index (χ4n) is 5.69. The number of nitrogens with zero attached hydrogens (tertiary/aromatic N) is 3. The van der Waals surface area contributed by atoms with Crippen LogP contribution in [-0.2, 0) is 9.53 Å². The summed E-state index contributed by atoms with van der Waals surface area (Å²) in [5.41, 5.74) is 3.83. The van der Waals surface area contributed by atoms with Crippen LogP contribution >= 0.6 is 0 Å². The van der Waals surface area contributed by atoms with Crippen molar-refractivity contribution in [1.29, 1.82) is 0 Å². The van der Waals surface area contributed by atoms with Gasteiger partial charge in [0.1, 0.15) is 17.3 Å². The van der Waals surface area contributed by atoms with Crippen LogP contribution in [0.5, 0.6) is 0 Å². The second-order valence-corrected chi connectivity index (χ2v) is 10.0. The van der Waals surface area contributed by atoms with Crippen LogP contribution in [0.2, 0.25) is 0 Å². The van der Waals surface area contributed by atoms with Crippen LogP contribution in [0.3, 0.4) is 0 Å². The number of dihydropyridines is 1. The molecule has 1 aliphatic heterocycles. The number of hydrogen-bond donors (Lipinski definition) is 1. The molecule has 1 aliphatic carbocycles. The van der Waals surface area contributed by atoms with Crippen molar-refractivity contribution in [2.45, 2.75) is 58.5 Å². The molecular weight excluding hydrogens is 456 g/mol. The van der Waals surface area contributed by atoms with Gasteiger partial charge in [0.15, 0.2) is 0 Å². The second kappa shape index (κ2) is 10.9. The van der Waals surface area contributed by atoms with Crippen molar-refractivity contribution in [3.8, 4) is 0 Å². The van der Waals surface area contributed by atoms with E-state index < -0.39 is 5.92 Å². The average molecular weight is 495 g/mol. The Labute approximate surface area is 213 Å². The number of anilines is 1. The minimum absolute atomic E-state index is 0.114. The van der Waals surface area contributed by atoms with E-state index in [9.17, 15) is 9.59 Å². The largest absolute Gasteiger partial charge is 0.500 e. The summed E-state index contributed by atoms with van der Waals surface area (Å²) < 4.78 is 11.2. The second-order valence-electron chi connectivity index (χ2n) is 10.0. The minimum Gasteiger partial charge on any atom is -0.500 e. The molecule has 1 aromatic carbocycles. The van der Waals surface area contributed by atoms with E-state index in [1.165, 1.54) is 7.11 Å². The van der Waals surface area contributed by atoms with Gasteiger partial charge in [-0.15, -0.1) is 0 Å². The van der Waals surface area contributed by atoms with Crippen molar-refractivity contribution >= 4 is 34.2 Å². The number of hydrogen-bond acceptors (Lipinski definition) is 6. The number of amides is 2. The minimum atomic E-state index is -0.634. The van der Waals surface area contributed by atoms with E-state index in [1.54, 1.807) is 19.3 Å². The molecule has 1 atom stereocenters. The monoisotopic (exact) mass is 494 g/mol. The summed E-state index contributed by atoms with van der Waals surface area (Å²) in [5.74, 6) is -0.665. The van der Waals surface area contributed by atoms with E-state index in [0.717, 1.165) is 48.9 Å². The van der Waals surface area contributed by atoms with Crippen LogP contribution in [0, 0.1) is 12.8 Å². The van der Waals surface area contributed by atoms with Crippen molar-refractivity contribution in [3.05, 3.63) is 41.4 Å². The fraction of sp³-hybridized carbons (Fsp3) is 0.536. The number of fused-ring (bicyclic) bond motifs is 1. The maximum absolute atomic E-state index is 13.6. The number of benzene rings is 1. The molecule has 4 rings (SSSR count). The molecule has 2 aliphatic rings. The smallest absolute Gasteiger partial charge is 0.258 e. The molecular formula is C28H38N4O4. The fourth-order valence-corrected chi connectivity index (χ4v) is 5.69. The first-order valence-corrected chi connectivity index (χ1v) is 12.8. The van der Waals surface area contributed by atoms with Gasteiger partial charge in [-0.3, -0.25) is 9.59 Å². The lowest BCUT2D eigenvalue weighted by molar-refractivity contribution is -0.121. The highest BCUT2D eigenvalue weighted by Crippen LogP contribution is 2.36. The Balaban J connectivity index is 1.60. The van der Waals surface area contributed by atoms with Crippen LogP contribution in [0.25, 0.3) is 11.0 Å². The predicted octanol–water partition coefficient (Wildman–Crippen LogP) is 4.32. The molecule has 1 aromatic heterocycles. The summed E-state index contributed by atoms with van der Waals surface area (Å²) in [6.07, 6.45) is 7.92. The van der Waals surface area contributed by atoms with E-state index in [-0.39, 0.29) is 18.4 Å². The molecule has 2 heterocycles. The van der Waals surface area contributed by atoms with Gasteiger partial charge in [-0.25, -0.2) is 4.99 Å². The number of allylic oxidation sites excluding steroid dienone is 1. The lowest BCUT2D eigenvalue weighted by atomic mass is 9.88. The number of carbonyl (C=O) groups is 2. The lowest BCUT2D eigenvalue weighted by Gasteiger charge is -2.40. The van der Waals surface area contributed by atoms with E-state index >= 15 is 0 Å². The van der Waals surface area contributed by atoms with Gasteiger partial charge < -0.3 is 24.3 Å². The van der Waals surface area contributed by atoms with Gasteiger partial charge >= 0.3 is 0 Å². The molecule has 1 saturated carbocycles. The van der Waals surface area contributed by atoms with Crippen LogP contribution in [0.4, 0.5) is 5.69 Å². The molecule has 1 unspecified atom stereocenters. The SMILES string of the molecule is CCN(c1cc2occc2c(C(=O)NCC2C(=O)N=C(C)C=C2OC)c1C)C1CCC(N(C)C)CC1. The zero-order chi connectivity index (χ0) is 26.0. The van der Waals surface area contributed by atoms with Crippen LogP contribution in [0.15, 0.2) is 39.6 Å². The number of carbonyl (C=O) groups excluding carboxylic acids is 2. The molecule has 8 nitrogen and oxygen atoms in total. The molecule has 36 heavy (non-hydrogen) atoms. The quantitative estimate of drug-likeness (QED) is 0.588. The molecule has 0 radical (unpaired) electrons. The zero-order valence-electron chi connectivity index (χ0n) is 22.3. The molecule has 194 valence electrons. The molecule has 0 spiro atoms. The Morgan fingerprint density at radius 1 is 1.19 bits per heavy atom. The van der Waals surface area contributed by atoms with Crippen molar-refractivity contribution in [2.75, 3.05) is 39.2 Å². The molecule has 0 saturated heterocycles. The third-order valence-electron chi connectivity index (χ3n) is 7.69. The molecule has 2 amide bonds. The topological polar surface area (TPSA) is 87.4 Å². The zero-order valence-corrected chi connectivity index (χ0v) is 22.3. The lowest BCUT2D eigenvalue weighted by Crippen LogP contribution is -2.42. The predicted molar refractivity (Wildman–Crippen MR) is 143 cm³/mol. The first-order valence-electron chi connectivity index (χ1n) is 12.8. The summed E-state index contributed by atoms with van der Waals surface area (Å²) in [6, 6.07) is 4.94. The Bertz CT molecular complexity index is 1190. The van der Waals surface area contributed by atoms with E-state index in [0.29, 0.717) is 34.7 Å². The van der Waals surface area contributed by atoms with Gasteiger partial charge in [0.05, 0.1) is 18.9 Å². The molecule has 8 heteroatoms. The van der Waals surface area contributed by atoms with Gasteiger partial charge in [-0.2, -0.15) is 0 Å². The third-order valence-corrected chi connectivity index (χ3v) is 7.69. The summed E-state index contributed by atoms with van der Waals surface area (Å²) in [7, 11) is 5.84. The number of nitrogens with one attached hydrogen (secondary N) is 1. The highest BCUT2D eigenvalue weighted by Gasteiger charge is 2.31. The van der Waals surface area contributed by atoms with Crippen molar-refractivity contribution in [3.63, 3.8) is 0 Å². The van der Waals surface area contributed by atoms with Crippen molar-refractivity contribution < 1.29 is 18.7 Å². The molecule has 1 N–H and O–H groups in total. The molecule has 1 fully saturated rings. The first kappa shape index (κ1) is 25.9. The Morgan fingerprint density at radius 3 is 2.53 bits per heavy atom. The summed E-state index contributed by atoms with van der Waals surface area (Å²) in [6.45, 7) is 6.89. The average Bonchev–Trinajstić information content (AvgIpc) is 3.32. The summed E-state index contributed by atoms with van der Waals surface area (Å²) >= 11 is 0. The van der Waals surface area contributed by atoms with Gasteiger partial charge in [0.25, 0.3) is 11.8 Å². The Morgan fingerprint density at radius 2 is 1.89 bits per heavy atom. The highest BCUT2D eigenvalue weighted by atomic mass is 16.5. The van der Waals surface area contributed by atoms with Crippen molar-refractivity contribution in [1.82, 2.24) is 10.2 Å². The van der Waals surface area contributed by atoms with E-state index in [2.05, 4.69) is 47.2 Å². The number of furan rings is 1. The van der Waals surface area contributed by atoms with Gasteiger partial charge in [0, 0.05) is 48.0 Å². The van der Waals surface area contributed by atoms with E-state index in [1.807, 2.05) is 13.0 Å². The molecule has 2 aromatic rings. The van der Waals surface area contributed by atoms with Crippen molar-refractivity contribution in [2.24, 2.45) is 10.9 Å². The number of ether oxygens (including phenoxy) is 1. The number of aliphatic imine (C=N–C) groups is 1. The van der Waals surface area contributed by atoms with E-state index in [4.69, 9.17) is 9.15 Å².